The second-order valence-electron chi connectivity index (χ2n) is 6.98. The Balaban J connectivity index is 1.65. The summed E-state index contributed by atoms with van der Waals surface area (Å²) >= 11 is 0. The molecule has 1 aromatic carbocycles. The molecule has 130 valence electrons. The van der Waals surface area contributed by atoms with E-state index >= 15 is 0 Å². The number of anilines is 1. The van der Waals surface area contributed by atoms with Crippen LogP contribution in [0, 0.1) is 12.8 Å². The van der Waals surface area contributed by atoms with Crippen molar-refractivity contribution >= 4 is 11.7 Å². The zero-order chi connectivity index (χ0) is 17.6. The van der Waals surface area contributed by atoms with Crippen LogP contribution in [0.1, 0.15) is 18.5 Å². The maximum atomic E-state index is 12.0. The molecule has 4 rings (SSSR count). The predicted octanol–water partition coefficient (Wildman–Crippen LogP) is 2.21. The summed E-state index contributed by atoms with van der Waals surface area (Å²) in [6, 6.07) is 9.35. The summed E-state index contributed by atoms with van der Waals surface area (Å²) in [6.45, 7) is 3.62. The number of aryl methyl sites for hydroxylation is 1. The molecule has 6 nitrogen and oxygen atoms in total. The van der Waals surface area contributed by atoms with Gasteiger partial charge in [0.2, 0.25) is 5.91 Å². The van der Waals surface area contributed by atoms with Gasteiger partial charge in [-0.3, -0.25) is 4.79 Å². The van der Waals surface area contributed by atoms with Crippen molar-refractivity contribution in [2.45, 2.75) is 25.8 Å². The number of fused-ring (bicyclic) bond motifs is 1. The van der Waals surface area contributed by atoms with Gasteiger partial charge in [0.25, 0.3) is 0 Å². The van der Waals surface area contributed by atoms with Gasteiger partial charge in [0.1, 0.15) is 11.6 Å². The summed E-state index contributed by atoms with van der Waals surface area (Å²) in [6.07, 6.45) is 1.66. The van der Waals surface area contributed by atoms with Crippen molar-refractivity contribution in [1.82, 2.24) is 14.9 Å². The monoisotopic (exact) mass is 338 g/mol. The Bertz CT molecular complexity index is 823. The van der Waals surface area contributed by atoms with Crippen molar-refractivity contribution in [2.75, 3.05) is 25.0 Å². The highest BCUT2D eigenvalue weighted by molar-refractivity contribution is 5.79. The number of likely N-dealkylation sites (N-methyl/N-ethyl adjacent to an activating group) is 1. The molecule has 0 bridgehead atoms. The Hall–Kier alpha value is -2.63. The number of nitrogens with zero attached hydrogens (tertiary/aromatic N) is 4. The SMILES string of the molecule is Cc1cc(N2CC[C@@H]3CC(=O)N(C)[C@@H]3C2)nc(-c2ccccc2O)n1. The van der Waals surface area contributed by atoms with E-state index in [-0.39, 0.29) is 17.7 Å². The highest BCUT2D eigenvalue weighted by atomic mass is 16.3. The Morgan fingerprint density at radius 1 is 1.24 bits per heavy atom. The minimum Gasteiger partial charge on any atom is -0.507 e. The van der Waals surface area contributed by atoms with Gasteiger partial charge < -0.3 is 14.9 Å². The molecule has 2 saturated heterocycles. The number of amides is 1. The summed E-state index contributed by atoms with van der Waals surface area (Å²) in [5, 5.41) is 10.1. The third kappa shape index (κ3) is 2.81. The number of hydrogen-bond acceptors (Lipinski definition) is 5. The minimum absolute atomic E-state index is 0.180. The molecule has 1 amide bonds. The van der Waals surface area contributed by atoms with Crippen molar-refractivity contribution in [1.29, 1.82) is 0 Å². The maximum absolute atomic E-state index is 12.0. The number of carbonyl (C=O) groups is 1. The molecular weight excluding hydrogens is 316 g/mol. The Kier molecular flexibility index (Phi) is 3.82. The number of phenolic OH excluding ortho intramolecular Hbond substituents is 1. The molecule has 2 fully saturated rings. The van der Waals surface area contributed by atoms with Crippen molar-refractivity contribution in [3.05, 3.63) is 36.0 Å². The number of rotatable bonds is 2. The molecule has 0 radical (unpaired) electrons. The lowest BCUT2D eigenvalue weighted by molar-refractivity contribution is -0.127. The zero-order valence-corrected chi connectivity index (χ0v) is 14.5. The second kappa shape index (κ2) is 6.02. The van der Waals surface area contributed by atoms with Gasteiger partial charge in [-0.1, -0.05) is 12.1 Å². The predicted molar refractivity (Wildman–Crippen MR) is 95.4 cm³/mol. The van der Waals surface area contributed by atoms with Crippen LogP contribution in [0.25, 0.3) is 11.4 Å². The standard InChI is InChI=1S/C19H22N4O2/c1-12-9-17(21-19(20-12)14-5-3-4-6-16(14)24)23-8-7-13-10-18(25)22(2)15(13)11-23/h3-6,9,13,15,24H,7-8,10-11H2,1-2H3/t13-,15-/m1/s1. The molecule has 2 atom stereocenters. The van der Waals surface area contributed by atoms with Crippen LogP contribution in [0.15, 0.2) is 30.3 Å². The van der Waals surface area contributed by atoms with E-state index in [1.54, 1.807) is 12.1 Å². The van der Waals surface area contributed by atoms with E-state index in [0.717, 1.165) is 31.0 Å². The van der Waals surface area contributed by atoms with Crippen LogP contribution in [0.2, 0.25) is 0 Å². The molecule has 0 spiro atoms. The van der Waals surface area contributed by atoms with Crippen LogP contribution >= 0.6 is 0 Å². The first kappa shape index (κ1) is 15.9. The maximum Gasteiger partial charge on any atom is 0.222 e. The fourth-order valence-corrected chi connectivity index (χ4v) is 3.92. The smallest absolute Gasteiger partial charge is 0.222 e. The molecule has 0 unspecified atom stereocenters. The lowest BCUT2D eigenvalue weighted by atomic mass is 9.92. The number of hydrogen-bond donors (Lipinski definition) is 1. The normalized spacial score (nSPS) is 23.0. The number of piperidine rings is 1. The highest BCUT2D eigenvalue weighted by Crippen LogP contribution is 2.34. The summed E-state index contributed by atoms with van der Waals surface area (Å²) in [4.78, 5) is 25.3. The topological polar surface area (TPSA) is 69.6 Å². The molecule has 3 heterocycles. The molecule has 0 saturated carbocycles. The van der Waals surface area contributed by atoms with Crippen LogP contribution in [-0.2, 0) is 4.79 Å². The van der Waals surface area contributed by atoms with E-state index in [0.29, 0.717) is 23.7 Å². The third-order valence-electron chi connectivity index (χ3n) is 5.36. The Morgan fingerprint density at radius 3 is 2.84 bits per heavy atom. The molecule has 25 heavy (non-hydrogen) atoms. The van der Waals surface area contributed by atoms with Gasteiger partial charge in [0.15, 0.2) is 5.82 Å². The first-order valence-corrected chi connectivity index (χ1v) is 8.67. The first-order valence-electron chi connectivity index (χ1n) is 8.67. The van der Waals surface area contributed by atoms with E-state index in [2.05, 4.69) is 9.88 Å². The molecule has 2 aliphatic heterocycles. The first-order chi connectivity index (χ1) is 12.0. The molecule has 1 N–H and O–H groups in total. The van der Waals surface area contributed by atoms with E-state index in [9.17, 15) is 9.90 Å². The third-order valence-corrected chi connectivity index (χ3v) is 5.36. The summed E-state index contributed by atoms with van der Waals surface area (Å²) in [5.74, 6) is 2.27. The molecule has 1 aromatic heterocycles. The summed E-state index contributed by atoms with van der Waals surface area (Å²) in [7, 11) is 1.90. The van der Waals surface area contributed by atoms with E-state index in [1.165, 1.54) is 0 Å². The van der Waals surface area contributed by atoms with Gasteiger partial charge in [-0.2, -0.15) is 0 Å². The summed E-state index contributed by atoms with van der Waals surface area (Å²) < 4.78 is 0. The number of aromatic nitrogens is 2. The van der Waals surface area contributed by atoms with Gasteiger partial charge in [-0.05, 0) is 31.4 Å². The van der Waals surface area contributed by atoms with Crippen molar-refractivity contribution in [3.8, 4) is 17.1 Å². The van der Waals surface area contributed by atoms with Gasteiger partial charge in [-0.15, -0.1) is 0 Å². The van der Waals surface area contributed by atoms with E-state index < -0.39 is 0 Å². The average Bonchev–Trinajstić information content (AvgIpc) is 2.89. The van der Waals surface area contributed by atoms with Crippen LogP contribution < -0.4 is 4.90 Å². The molecular formula is C19H22N4O2. The van der Waals surface area contributed by atoms with E-state index in [4.69, 9.17) is 4.98 Å². The fraction of sp³-hybridized carbons (Fsp3) is 0.421. The highest BCUT2D eigenvalue weighted by Gasteiger charge is 2.41. The second-order valence-corrected chi connectivity index (χ2v) is 6.98. The number of likely N-dealkylation sites (tertiary alicyclic amines) is 1. The largest absolute Gasteiger partial charge is 0.507 e. The lowest BCUT2D eigenvalue weighted by Crippen LogP contribution is -2.47. The molecule has 6 heteroatoms. The van der Waals surface area contributed by atoms with Crippen LogP contribution in [0.5, 0.6) is 5.75 Å². The lowest BCUT2D eigenvalue weighted by Gasteiger charge is -2.37. The number of carbonyl (C=O) groups excluding carboxylic acids is 1. The van der Waals surface area contributed by atoms with Crippen LogP contribution in [-0.4, -0.2) is 52.1 Å². The minimum atomic E-state index is 0.180. The Morgan fingerprint density at radius 2 is 2.04 bits per heavy atom. The number of aromatic hydroxyl groups is 1. The van der Waals surface area contributed by atoms with Gasteiger partial charge in [-0.25, -0.2) is 9.97 Å². The zero-order valence-electron chi connectivity index (χ0n) is 14.5. The van der Waals surface area contributed by atoms with Gasteiger partial charge in [0.05, 0.1) is 11.6 Å². The van der Waals surface area contributed by atoms with Gasteiger partial charge in [0, 0.05) is 38.3 Å². The number of phenols is 1. The molecule has 0 aliphatic carbocycles. The van der Waals surface area contributed by atoms with Crippen molar-refractivity contribution in [2.24, 2.45) is 5.92 Å². The quantitative estimate of drug-likeness (QED) is 0.909. The van der Waals surface area contributed by atoms with Crippen LogP contribution in [0.3, 0.4) is 0 Å². The van der Waals surface area contributed by atoms with Crippen molar-refractivity contribution in [3.63, 3.8) is 0 Å². The van der Waals surface area contributed by atoms with Crippen molar-refractivity contribution < 1.29 is 9.90 Å². The number of benzene rings is 1. The van der Waals surface area contributed by atoms with Gasteiger partial charge >= 0.3 is 0 Å². The van der Waals surface area contributed by atoms with Crippen LogP contribution in [0.4, 0.5) is 5.82 Å². The average molecular weight is 338 g/mol. The van der Waals surface area contributed by atoms with E-state index in [1.807, 2.05) is 37.1 Å². The summed E-state index contributed by atoms with van der Waals surface area (Å²) in [5.41, 5.74) is 1.50. The molecule has 2 aliphatic rings. The molecule has 2 aromatic rings. The fourth-order valence-electron chi connectivity index (χ4n) is 3.92. The Labute approximate surface area is 147 Å². The number of para-hydroxylation sites is 1.